The van der Waals surface area contributed by atoms with Crippen LogP contribution in [0.4, 0.5) is 5.82 Å². The second-order valence-corrected chi connectivity index (χ2v) is 2.72. The van der Waals surface area contributed by atoms with E-state index < -0.39 is 0 Å². The first kappa shape index (κ1) is 11.5. The molecular formula is C9H13N3O3. The van der Waals surface area contributed by atoms with Gasteiger partial charge in [0.2, 0.25) is 5.88 Å². The summed E-state index contributed by atoms with van der Waals surface area (Å²) in [7, 11) is 1.50. The molecule has 1 unspecified atom stereocenters. The van der Waals surface area contributed by atoms with Crippen LogP contribution in [0.15, 0.2) is 17.4 Å². The molecule has 1 aromatic rings. The maximum Gasteiger partial charge on any atom is 0.232 e. The first-order chi connectivity index (χ1) is 7.30. The molecule has 0 radical (unpaired) electrons. The van der Waals surface area contributed by atoms with Crippen LogP contribution in [0.5, 0.6) is 5.88 Å². The monoisotopic (exact) mass is 211 g/mol. The number of aliphatic hydroxyl groups excluding tert-OH is 1. The molecular weight excluding hydrogens is 198 g/mol. The van der Waals surface area contributed by atoms with Gasteiger partial charge in [-0.1, -0.05) is 0 Å². The van der Waals surface area contributed by atoms with Crippen molar-refractivity contribution in [1.29, 1.82) is 0 Å². The largest absolute Gasteiger partial charge is 0.474 e. The fourth-order valence-corrected chi connectivity index (χ4v) is 0.839. The van der Waals surface area contributed by atoms with Crippen LogP contribution in [0.3, 0.4) is 0 Å². The molecule has 0 saturated heterocycles. The Morgan fingerprint density at radius 2 is 2.33 bits per heavy atom. The van der Waals surface area contributed by atoms with Crippen molar-refractivity contribution >= 4 is 12.5 Å². The van der Waals surface area contributed by atoms with Gasteiger partial charge in [-0.3, -0.25) is 0 Å². The van der Waals surface area contributed by atoms with Crippen molar-refractivity contribution in [3.8, 4) is 5.88 Å². The molecule has 0 aliphatic heterocycles. The lowest BCUT2D eigenvalue weighted by atomic mass is 10.4. The molecule has 0 bridgehead atoms. The van der Waals surface area contributed by atoms with Crippen LogP contribution in [0.2, 0.25) is 0 Å². The lowest BCUT2D eigenvalue weighted by molar-refractivity contribution is 0.0152. The van der Waals surface area contributed by atoms with Gasteiger partial charge in [0.15, 0.2) is 5.82 Å². The van der Waals surface area contributed by atoms with Gasteiger partial charge in [0.25, 0.3) is 0 Å². The van der Waals surface area contributed by atoms with E-state index in [0.717, 1.165) is 0 Å². The minimum Gasteiger partial charge on any atom is -0.474 e. The van der Waals surface area contributed by atoms with E-state index in [9.17, 15) is 0 Å². The summed E-state index contributed by atoms with van der Waals surface area (Å²) in [6.45, 7) is 3.44. The molecule has 1 N–H and O–H groups in total. The topological polar surface area (TPSA) is 76.8 Å². The second-order valence-electron chi connectivity index (χ2n) is 2.72. The highest BCUT2D eigenvalue weighted by atomic mass is 16.5. The molecule has 6 nitrogen and oxygen atoms in total. The quantitative estimate of drug-likeness (QED) is 0.680. The number of rotatable bonds is 6. The molecule has 1 rings (SSSR count). The third-order valence-electron chi connectivity index (χ3n) is 1.73. The molecule has 0 aliphatic rings. The summed E-state index contributed by atoms with van der Waals surface area (Å²) in [5, 5.41) is 8.82. The average Bonchev–Trinajstić information content (AvgIpc) is 2.31. The molecule has 1 aromatic heterocycles. The van der Waals surface area contributed by atoms with Crippen molar-refractivity contribution in [2.75, 3.05) is 20.3 Å². The second kappa shape index (κ2) is 6.05. The predicted octanol–water partition coefficient (Wildman–Crippen LogP) is 0.195. The summed E-state index contributed by atoms with van der Waals surface area (Å²) in [6.07, 6.45) is 2.53. The van der Waals surface area contributed by atoms with Gasteiger partial charge < -0.3 is 14.6 Å². The summed E-state index contributed by atoms with van der Waals surface area (Å²) >= 11 is 0. The van der Waals surface area contributed by atoms with E-state index >= 15 is 0 Å². The zero-order valence-electron chi connectivity index (χ0n) is 8.46. The van der Waals surface area contributed by atoms with Crippen LogP contribution in [0.1, 0.15) is 0 Å². The summed E-state index contributed by atoms with van der Waals surface area (Å²) in [5.41, 5.74) is 0. The normalized spacial score (nSPS) is 12.1. The summed E-state index contributed by atoms with van der Waals surface area (Å²) < 4.78 is 10.1. The van der Waals surface area contributed by atoms with Gasteiger partial charge in [-0.05, 0) is 6.72 Å². The van der Waals surface area contributed by atoms with Crippen LogP contribution >= 0.6 is 0 Å². The number of aliphatic hydroxyl groups is 1. The minimum atomic E-state index is -0.357. The Kier molecular flexibility index (Phi) is 4.65. The highest BCUT2D eigenvalue weighted by Gasteiger charge is 2.06. The van der Waals surface area contributed by atoms with E-state index in [2.05, 4.69) is 21.7 Å². The zero-order chi connectivity index (χ0) is 11.1. The number of aliphatic imine (C=N–C) groups is 1. The van der Waals surface area contributed by atoms with Crippen molar-refractivity contribution in [2.45, 2.75) is 6.10 Å². The number of nitrogens with zero attached hydrogens (tertiary/aromatic N) is 3. The van der Waals surface area contributed by atoms with Gasteiger partial charge in [-0.25, -0.2) is 15.0 Å². The van der Waals surface area contributed by atoms with Gasteiger partial charge in [0, 0.05) is 7.11 Å². The fourth-order valence-electron chi connectivity index (χ4n) is 0.839. The van der Waals surface area contributed by atoms with E-state index in [0.29, 0.717) is 11.7 Å². The molecule has 0 aliphatic carbocycles. The summed E-state index contributed by atoms with van der Waals surface area (Å²) in [6, 6.07) is 0. The number of hydrogen-bond acceptors (Lipinski definition) is 6. The Morgan fingerprint density at radius 3 is 2.80 bits per heavy atom. The Bertz CT molecular complexity index is 298. The number of methoxy groups -OCH3 is 1. The van der Waals surface area contributed by atoms with E-state index in [1.165, 1.54) is 19.5 Å². The molecule has 0 spiro atoms. The van der Waals surface area contributed by atoms with Crippen molar-refractivity contribution in [3.63, 3.8) is 0 Å². The van der Waals surface area contributed by atoms with Crippen LogP contribution in [0.25, 0.3) is 0 Å². The number of ether oxygens (including phenoxy) is 2. The maximum atomic E-state index is 8.82. The van der Waals surface area contributed by atoms with Crippen LogP contribution in [-0.4, -0.2) is 48.2 Å². The van der Waals surface area contributed by atoms with Crippen molar-refractivity contribution in [3.05, 3.63) is 12.4 Å². The molecule has 0 amide bonds. The summed E-state index contributed by atoms with van der Waals surface area (Å²) in [4.78, 5) is 11.4. The molecule has 0 fully saturated rings. The Labute approximate surface area is 87.6 Å². The Hall–Kier alpha value is -1.53. The van der Waals surface area contributed by atoms with Crippen LogP contribution in [-0.2, 0) is 4.74 Å². The molecule has 0 saturated carbocycles. The number of hydrogen-bond donors (Lipinski definition) is 1. The third kappa shape index (κ3) is 3.61. The Morgan fingerprint density at radius 1 is 1.53 bits per heavy atom. The average molecular weight is 211 g/mol. The van der Waals surface area contributed by atoms with Crippen molar-refractivity contribution in [1.82, 2.24) is 9.97 Å². The van der Waals surface area contributed by atoms with Crippen molar-refractivity contribution in [2.24, 2.45) is 4.99 Å². The predicted molar refractivity (Wildman–Crippen MR) is 54.6 cm³/mol. The van der Waals surface area contributed by atoms with E-state index in [1.807, 2.05) is 0 Å². The highest BCUT2D eigenvalue weighted by Crippen LogP contribution is 2.09. The third-order valence-corrected chi connectivity index (χ3v) is 1.73. The van der Waals surface area contributed by atoms with Crippen molar-refractivity contribution < 1.29 is 14.6 Å². The molecule has 82 valence electrons. The summed E-state index contributed by atoms with van der Waals surface area (Å²) in [5.74, 6) is 0.797. The van der Waals surface area contributed by atoms with Gasteiger partial charge in [-0.15, -0.1) is 0 Å². The molecule has 1 atom stereocenters. The van der Waals surface area contributed by atoms with Gasteiger partial charge in [0.1, 0.15) is 12.7 Å². The zero-order valence-corrected chi connectivity index (χ0v) is 8.46. The van der Waals surface area contributed by atoms with E-state index in [-0.39, 0.29) is 19.3 Å². The molecule has 6 heteroatoms. The fraction of sp³-hybridized carbons (Fsp3) is 0.444. The lowest BCUT2D eigenvalue weighted by Gasteiger charge is -2.12. The van der Waals surface area contributed by atoms with E-state index in [1.54, 1.807) is 0 Å². The molecule has 1 heterocycles. The molecule has 0 aromatic carbocycles. The van der Waals surface area contributed by atoms with Crippen LogP contribution in [0, 0.1) is 0 Å². The van der Waals surface area contributed by atoms with Gasteiger partial charge in [0.05, 0.1) is 19.0 Å². The first-order valence-electron chi connectivity index (χ1n) is 4.35. The van der Waals surface area contributed by atoms with Crippen LogP contribution < -0.4 is 4.74 Å². The first-order valence-corrected chi connectivity index (χ1v) is 4.35. The maximum absolute atomic E-state index is 8.82. The highest BCUT2D eigenvalue weighted by molar-refractivity contribution is 5.37. The smallest absolute Gasteiger partial charge is 0.232 e. The van der Waals surface area contributed by atoms with Gasteiger partial charge in [-0.2, -0.15) is 0 Å². The molecule has 15 heavy (non-hydrogen) atoms. The minimum absolute atomic E-state index is 0.101. The standard InChI is InChI=1S/C9H13N3O3/c1-10-8-3-12-9(4-11-8)15-6-7(5-13)14-2/h3-4,7,13H,1,5-6H2,2H3. The van der Waals surface area contributed by atoms with E-state index in [4.69, 9.17) is 14.6 Å². The van der Waals surface area contributed by atoms with Gasteiger partial charge >= 0.3 is 0 Å². The lowest BCUT2D eigenvalue weighted by Crippen LogP contribution is -2.24. The SMILES string of the molecule is C=Nc1cnc(OCC(CO)OC)cn1. The Balaban J connectivity index is 2.46. The number of aromatic nitrogens is 2.